The van der Waals surface area contributed by atoms with Crippen LogP contribution in [-0.4, -0.2) is 49.3 Å². The summed E-state index contributed by atoms with van der Waals surface area (Å²) in [7, 11) is 1.59. The van der Waals surface area contributed by atoms with Gasteiger partial charge in [-0.1, -0.05) is 31.1 Å². The number of nitrogens with one attached hydrogen (secondary N) is 1. The highest BCUT2D eigenvalue weighted by Crippen LogP contribution is 2.33. The summed E-state index contributed by atoms with van der Waals surface area (Å²) in [6.45, 7) is 9.68. The van der Waals surface area contributed by atoms with Crippen molar-refractivity contribution >= 4 is 5.91 Å². The van der Waals surface area contributed by atoms with Gasteiger partial charge in [-0.05, 0) is 45.1 Å². The molecule has 0 saturated carbocycles. The van der Waals surface area contributed by atoms with Crippen LogP contribution in [-0.2, 0) is 0 Å². The van der Waals surface area contributed by atoms with Gasteiger partial charge in [0.05, 0.1) is 18.4 Å². The molecule has 0 atom stereocenters. The molecule has 0 spiro atoms. The van der Waals surface area contributed by atoms with Crippen molar-refractivity contribution in [2.45, 2.75) is 27.2 Å². The van der Waals surface area contributed by atoms with Crippen LogP contribution in [0.5, 0.6) is 5.75 Å². The highest BCUT2D eigenvalue weighted by atomic mass is 16.5. The van der Waals surface area contributed by atoms with E-state index in [9.17, 15) is 4.79 Å². The zero-order valence-electron chi connectivity index (χ0n) is 15.5. The van der Waals surface area contributed by atoms with Crippen LogP contribution in [0.1, 0.15) is 36.3 Å². The van der Waals surface area contributed by atoms with E-state index in [2.05, 4.69) is 29.2 Å². The van der Waals surface area contributed by atoms with Gasteiger partial charge in [-0.15, -0.1) is 0 Å². The number of hydrogen-bond donors (Lipinski definition) is 1. The number of hydrogen-bond acceptors (Lipinski definition) is 5. The maximum Gasteiger partial charge on any atom is 0.257 e. The lowest BCUT2D eigenvalue weighted by atomic mass is 10.1. The second-order valence-electron chi connectivity index (χ2n) is 5.81. The van der Waals surface area contributed by atoms with E-state index in [1.807, 2.05) is 24.3 Å². The molecule has 0 radical (unpaired) electrons. The maximum atomic E-state index is 12.6. The Bertz CT molecular complexity index is 693. The Morgan fingerprint density at radius 3 is 2.68 bits per heavy atom. The quantitative estimate of drug-likeness (QED) is 0.707. The van der Waals surface area contributed by atoms with Gasteiger partial charge in [-0.2, -0.15) is 0 Å². The van der Waals surface area contributed by atoms with Crippen molar-refractivity contribution in [3.05, 3.63) is 35.5 Å². The summed E-state index contributed by atoms with van der Waals surface area (Å²) in [5.41, 5.74) is 1.76. The van der Waals surface area contributed by atoms with Crippen LogP contribution < -0.4 is 10.1 Å². The number of aryl methyl sites for hydroxylation is 1. The molecule has 0 saturated heterocycles. The lowest BCUT2D eigenvalue weighted by molar-refractivity contribution is 0.0951. The van der Waals surface area contributed by atoms with Gasteiger partial charge in [-0.25, -0.2) is 0 Å². The van der Waals surface area contributed by atoms with E-state index < -0.39 is 0 Å². The maximum absolute atomic E-state index is 12.6. The number of ether oxygens (including phenoxy) is 1. The smallest absolute Gasteiger partial charge is 0.257 e. The van der Waals surface area contributed by atoms with Gasteiger partial charge in [0, 0.05) is 6.54 Å². The molecular weight excluding hydrogens is 318 g/mol. The third kappa shape index (κ3) is 4.60. The van der Waals surface area contributed by atoms with Crippen LogP contribution in [0.4, 0.5) is 0 Å². The SMILES string of the molecule is CCN(CC)CCCNC(=O)c1c(C)noc1-c1ccccc1OC. The minimum Gasteiger partial charge on any atom is -0.496 e. The molecule has 1 aromatic carbocycles. The predicted octanol–water partition coefficient (Wildman–Crippen LogP) is 3.12. The first-order valence-electron chi connectivity index (χ1n) is 8.72. The molecule has 1 aromatic heterocycles. The second-order valence-corrected chi connectivity index (χ2v) is 5.81. The second kappa shape index (κ2) is 9.22. The minimum atomic E-state index is -0.167. The van der Waals surface area contributed by atoms with Crippen LogP contribution in [0.25, 0.3) is 11.3 Å². The fourth-order valence-corrected chi connectivity index (χ4v) is 2.79. The third-order valence-corrected chi connectivity index (χ3v) is 4.27. The average molecular weight is 345 g/mol. The fraction of sp³-hybridized carbons (Fsp3) is 0.474. The molecule has 0 fully saturated rings. The van der Waals surface area contributed by atoms with Crippen LogP contribution in [0, 0.1) is 6.92 Å². The highest BCUT2D eigenvalue weighted by Gasteiger charge is 2.23. The standard InChI is InChI=1S/C19H27N3O3/c1-5-22(6-2)13-9-12-20-19(23)17-14(3)21-25-18(17)15-10-7-8-11-16(15)24-4/h7-8,10-11H,5-6,9,12-13H2,1-4H3,(H,20,23). The van der Waals surface area contributed by atoms with Crippen molar-refractivity contribution in [3.8, 4) is 17.1 Å². The molecule has 25 heavy (non-hydrogen) atoms. The van der Waals surface area contributed by atoms with Gasteiger partial charge in [-0.3, -0.25) is 4.79 Å². The van der Waals surface area contributed by atoms with Crippen LogP contribution in [0.3, 0.4) is 0 Å². The lowest BCUT2D eigenvalue weighted by Gasteiger charge is -2.17. The average Bonchev–Trinajstić information content (AvgIpc) is 3.03. The summed E-state index contributed by atoms with van der Waals surface area (Å²) in [5, 5.41) is 6.94. The molecule has 1 N–H and O–H groups in total. The van der Waals surface area contributed by atoms with E-state index >= 15 is 0 Å². The minimum absolute atomic E-state index is 0.167. The Labute approximate surface area is 149 Å². The predicted molar refractivity (Wildman–Crippen MR) is 98.0 cm³/mol. The zero-order chi connectivity index (χ0) is 18.2. The molecule has 1 heterocycles. The van der Waals surface area contributed by atoms with E-state index in [0.717, 1.165) is 31.6 Å². The molecule has 6 nitrogen and oxygen atoms in total. The van der Waals surface area contributed by atoms with Crippen molar-refractivity contribution in [3.63, 3.8) is 0 Å². The monoisotopic (exact) mass is 345 g/mol. The number of nitrogens with zero attached hydrogens (tertiary/aromatic N) is 2. The van der Waals surface area contributed by atoms with Gasteiger partial charge < -0.3 is 19.5 Å². The first-order valence-corrected chi connectivity index (χ1v) is 8.72. The van der Waals surface area contributed by atoms with Crippen molar-refractivity contribution in [1.82, 2.24) is 15.4 Å². The molecule has 2 rings (SSSR count). The molecule has 6 heteroatoms. The summed E-state index contributed by atoms with van der Waals surface area (Å²) in [4.78, 5) is 15.0. The highest BCUT2D eigenvalue weighted by molar-refractivity contribution is 6.01. The summed E-state index contributed by atoms with van der Waals surface area (Å²) in [6, 6.07) is 7.44. The Kier molecular flexibility index (Phi) is 7.01. The number of rotatable bonds is 9. The number of amides is 1. The number of benzene rings is 1. The van der Waals surface area contributed by atoms with Gasteiger partial charge in [0.2, 0.25) is 0 Å². The first-order chi connectivity index (χ1) is 12.1. The number of para-hydroxylation sites is 1. The Morgan fingerprint density at radius 1 is 1.28 bits per heavy atom. The molecule has 0 aliphatic carbocycles. The van der Waals surface area contributed by atoms with Gasteiger partial charge >= 0.3 is 0 Å². The molecule has 0 unspecified atom stereocenters. The molecule has 1 amide bonds. The van der Waals surface area contributed by atoms with Gasteiger partial charge in [0.15, 0.2) is 5.76 Å². The topological polar surface area (TPSA) is 67.6 Å². The first kappa shape index (κ1) is 19.0. The van der Waals surface area contributed by atoms with Crippen molar-refractivity contribution in [1.29, 1.82) is 0 Å². The third-order valence-electron chi connectivity index (χ3n) is 4.27. The molecule has 0 aliphatic heterocycles. The van der Waals surface area contributed by atoms with Gasteiger partial charge in [0.25, 0.3) is 5.91 Å². The van der Waals surface area contributed by atoms with Gasteiger partial charge in [0.1, 0.15) is 11.3 Å². The molecular formula is C19H27N3O3. The number of carbonyl (C=O) groups is 1. The van der Waals surface area contributed by atoms with E-state index in [1.165, 1.54) is 0 Å². The summed E-state index contributed by atoms with van der Waals surface area (Å²) in [5.74, 6) is 0.921. The summed E-state index contributed by atoms with van der Waals surface area (Å²) < 4.78 is 10.8. The Balaban J connectivity index is 2.09. The van der Waals surface area contributed by atoms with E-state index in [-0.39, 0.29) is 5.91 Å². The van der Waals surface area contributed by atoms with Crippen molar-refractivity contribution < 1.29 is 14.1 Å². The molecule has 0 aliphatic rings. The summed E-state index contributed by atoms with van der Waals surface area (Å²) in [6.07, 6.45) is 0.905. The van der Waals surface area contributed by atoms with E-state index in [1.54, 1.807) is 14.0 Å². The Morgan fingerprint density at radius 2 is 2.00 bits per heavy atom. The van der Waals surface area contributed by atoms with Crippen LogP contribution in [0.15, 0.2) is 28.8 Å². The molecule has 0 bridgehead atoms. The fourth-order valence-electron chi connectivity index (χ4n) is 2.79. The van der Waals surface area contributed by atoms with Crippen molar-refractivity contribution in [2.75, 3.05) is 33.3 Å². The normalized spacial score (nSPS) is 10.9. The largest absolute Gasteiger partial charge is 0.496 e. The Hall–Kier alpha value is -2.34. The van der Waals surface area contributed by atoms with Crippen LogP contribution >= 0.6 is 0 Å². The molecule has 2 aromatic rings. The molecule has 136 valence electrons. The summed E-state index contributed by atoms with van der Waals surface area (Å²) >= 11 is 0. The van der Waals surface area contributed by atoms with E-state index in [0.29, 0.717) is 29.3 Å². The van der Waals surface area contributed by atoms with Crippen LogP contribution in [0.2, 0.25) is 0 Å². The number of methoxy groups -OCH3 is 1. The number of aromatic nitrogens is 1. The van der Waals surface area contributed by atoms with Crippen molar-refractivity contribution in [2.24, 2.45) is 0 Å². The number of carbonyl (C=O) groups excluding carboxylic acids is 1. The zero-order valence-corrected chi connectivity index (χ0v) is 15.5. The van der Waals surface area contributed by atoms with E-state index in [4.69, 9.17) is 9.26 Å². The lowest BCUT2D eigenvalue weighted by Crippen LogP contribution is -2.30.